The second-order valence-corrected chi connectivity index (χ2v) is 4.22. The van der Waals surface area contributed by atoms with Crippen LogP contribution >= 0.6 is 0 Å². The number of nitrogens with one attached hydrogen (secondary N) is 2. The lowest BCUT2D eigenvalue weighted by Crippen LogP contribution is -2.30. The van der Waals surface area contributed by atoms with Gasteiger partial charge in [-0.1, -0.05) is 0 Å². The van der Waals surface area contributed by atoms with Gasteiger partial charge in [0.15, 0.2) is 0 Å². The molecular weight excluding hydrogens is 232 g/mol. The highest BCUT2D eigenvalue weighted by Gasteiger charge is 2.11. The van der Waals surface area contributed by atoms with Crippen molar-refractivity contribution in [3.63, 3.8) is 0 Å². The Bertz CT molecular complexity index is 456. The number of carbonyl (C=O) groups excluding carboxylic acids is 2. The first-order valence-corrected chi connectivity index (χ1v) is 5.70. The Labute approximate surface area is 107 Å². The van der Waals surface area contributed by atoms with E-state index in [1.54, 1.807) is 18.2 Å². The molecule has 98 valence electrons. The van der Waals surface area contributed by atoms with E-state index < -0.39 is 0 Å². The molecule has 0 aromatic heterocycles. The number of hydrogen-bond acceptors (Lipinski definition) is 3. The molecule has 2 amide bonds. The van der Waals surface area contributed by atoms with Crippen LogP contribution < -0.4 is 15.4 Å². The minimum absolute atomic E-state index is 0.0591. The van der Waals surface area contributed by atoms with Crippen molar-refractivity contribution in [1.29, 1.82) is 0 Å². The Morgan fingerprint density at radius 3 is 2.44 bits per heavy atom. The zero-order valence-corrected chi connectivity index (χ0v) is 11.0. The van der Waals surface area contributed by atoms with Gasteiger partial charge in [0.1, 0.15) is 5.75 Å². The molecule has 1 aromatic rings. The third-order valence-electron chi connectivity index (χ3n) is 2.19. The number of carbonyl (C=O) groups is 2. The average Bonchev–Trinajstić information content (AvgIpc) is 2.27. The summed E-state index contributed by atoms with van der Waals surface area (Å²) in [7, 11) is 1.51. The lowest BCUT2D eigenvalue weighted by Gasteiger charge is -2.12. The van der Waals surface area contributed by atoms with E-state index in [-0.39, 0.29) is 17.9 Å². The molecule has 5 heteroatoms. The first-order chi connectivity index (χ1) is 8.43. The molecule has 0 atom stereocenters. The first kappa shape index (κ1) is 14.0. The van der Waals surface area contributed by atoms with Crippen molar-refractivity contribution >= 4 is 17.5 Å². The SMILES string of the molecule is COc1ccc(C(=O)NC(C)C)cc1NC(C)=O. The molecule has 0 fully saturated rings. The van der Waals surface area contributed by atoms with Gasteiger partial charge in [0.2, 0.25) is 5.91 Å². The fourth-order valence-electron chi connectivity index (χ4n) is 1.48. The highest BCUT2D eigenvalue weighted by molar-refractivity contribution is 5.98. The Kier molecular flexibility index (Phi) is 4.71. The van der Waals surface area contributed by atoms with Crippen molar-refractivity contribution in [2.45, 2.75) is 26.8 Å². The molecule has 0 bridgehead atoms. The van der Waals surface area contributed by atoms with Crippen LogP contribution in [0.5, 0.6) is 5.75 Å². The maximum absolute atomic E-state index is 11.8. The lowest BCUT2D eigenvalue weighted by atomic mass is 10.1. The van der Waals surface area contributed by atoms with Gasteiger partial charge in [-0.15, -0.1) is 0 Å². The molecule has 5 nitrogen and oxygen atoms in total. The molecule has 0 aliphatic heterocycles. The first-order valence-electron chi connectivity index (χ1n) is 5.70. The van der Waals surface area contributed by atoms with Gasteiger partial charge in [-0.25, -0.2) is 0 Å². The topological polar surface area (TPSA) is 67.4 Å². The van der Waals surface area contributed by atoms with Crippen molar-refractivity contribution in [3.8, 4) is 5.75 Å². The number of amides is 2. The summed E-state index contributed by atoms with van der Waals surface area (Å²) in [5.41, 5.74) is 0.967. The van der Waals surface area contributed by atoms with E-state index in [2.05, 4.69) is 10.6 Å². The molecule has 0 radical (unpaired) electrons. The van der Waals surface area contributed by atoms with Crippen LogP contribution in [0.1, 0.15) is 31.1 Å². The van der Waals surface area contributed by atoms with Crippen LogP contribution in [0.15, 0.2) is 18.2 Å². The number of ether oxygens (including phenoxy) is 1. The van der Waals surface area contributed by atoms with Gasteiger partial charge in [-0.3, -0.25) is 9.59 Å². The minimum Gasteiger partial charge on any atom is -0.495 e. The molecule has 18 heavy (non-hydrogen) atoms. The summed E-state index contributed by atoms with van der Waals surface area (Å²) in [4.78, 5) is 22.9. The summed E-state index contributed by atoms with van der Waals surface area (Å²) >= 11 is 0. The maximum atomic E-state index is 11.8. The van der Waals surface area contributed by atoms with Gasteiger partial charge >= 0.3 is 0 Å². The zero-order valence-electron chi connectivity index (χ0n) is 11.0. The minimum atomic E-state index is -0.213. The van der Waals surface area contributed by atoms with Gasteiger partial charge in [-0.05, 0) is 32.0 Å². The second kappa shape index (κ2) is 6.05. The Hall–Kier alpha value is -2.04. The van der Waals surface area contributed by atoms with E-state index >= 15 is 0 Å². The standard InChI is InChI=1S/C13H18N2O3/c1-8(2)14-13(17)10-5-6-12(18-4)11(7-10)15-9(3)16/h5-8H,1-4H3,(H,14,17)(H,15,16). The monoisotopic (exact) mass is 250 g/mol. The smallest absolute Gasteiger partial charge is 0.251 e. The van der Waals surface area contributed by atoms with E-state index in [0.717, 1.165) is 0 Å². The van der Waals surface area contributed by atoms with Crippen LogP contribution in [0.2, 0.25) is 0 Å². The van der Waals surface area contributed by atoms with Crippen LogP contribution in [0, 0.1) is 0 Å². The van der Waals surface area contributed by atoms with Crippen molar-refractivity contribution in [2.24, 2.45) is 0 Å². The number of benzene rings is 1. The zero-order chi connectivity index (χ0) is 13.7. The molecule has 0 aliphatic rings. The normalized spacial score (nSPS) is 10.1. The molecule has 1 rings (SSSR count). The van der Waals surface area contributed by atoms with E-state index in [0.29, 0.717) is 17.0 Å². The summed E-state index contributed by atoms with van der Waals surface area (Å²) in [6, 6.07) is 4.96. The molecule has 2 N–H and O–H groups in total. The highest BCUT2D eigenvalue weighted by Crippen LogP contribution is 2.25. The summed E-state index contributed by atoms with van der Waals surface area (Å²) in [5.74, 6) is 0.125. The third kappa shape index (κ3) is 3.76. The third-order valence-corrected chi connectivity index (χ3v) is 2.19. The number of anilines is 1. The van der Waals surface area contributed by atoms with Gasteiger partial charge < -0.3 is 15.4 Å². The molecule has 0 heterocycles. The molecule has 0 saturated heterocycles. The van der Waals surface area contributed by atoms with Gasteiger partial charge in [-0.2, -0.15) is 0 Å². The molecule has 0 spiro atoms. The largest absolute Gasteiger partial charge is 0.495 e. The van der Waals surface area contributed by atoms with Crippen molar-refractivity contribution < 1.29 is 14.3 Å². The molecule has 1 aromatic carbocycles. The predicted octanol–water partition coefficient (Wildman–Crippen LogP) is 1.79. The molecule has 0 aliphatic carbocycles. The van der Waals surface area contributed by atoms with Crippen LogP contribution in [0.4, 0.5) is 5.69 Å². The predicted molar refractivity (Wildman–Crippen MR) is 69.9 cm³/mol. The molecule has 0 saturated carbocycles. The van der Waals surface area contributed by atoms with Crippen LogP contribution in [0.3, 0.4) is 0 Å². The fourth-order valence-corrected chi connectivity index (χ4v) is 1.48. The highest BCUT2D eigenvalue weighted by atomic mass is 16.5. The summed E-state index contributed by atoms with van der Waals surface area (Å²) < 4.78 is 5.12. The lowest BCUT2D eigenvalue weighted by molar-refractivity contribution is -0.114. The van der Waals surface area contributed by atoms with Crippen LogP contribution in [0.25, 0.3) is 0 Å². The Morgan fingerprint density at radius 1 is 1.28 bits per heavy atom. The van der Waals surface area contributed by atoms with Crippen LogP contribution in [-0.2, 0) is 4.79 Å². The molecule has 0 unspecified atom stereocenters. The maximum Gasteiger partial charge on any atom is 0.251 e. The summed E-state index contributed by atoms with van der Waals surface area (Å²) in [6.45, 7) is 5.17. The van der Waals surface area contributed by atoms with Crippen molar-refractivity contribution in [1.82, 2.24) is 5.32 Å². The average molecular weight is 250 g/mol. The van der Waals surface area contributed by atoms with E-state index in [4.69, 9.17) is 4.74 Å². The second-order valence-electron chi connectivity index (χ2n) is 4.22. The van der Waals surface area contributed by atoms with E-state index in [1.807, 2.05) is 13.8 Å². The van der Waals surface area contributed by atoms with Gasteiger partial charge in [0.25, 0.3) is 5.91 Å². The van der Waals surface area contributed by atoms with E-state index in [9.17, 15) is 9.59 Å². The fraction of sp³-hybridized carbons (Fsp3) is 0.385. The van der Waals surface area contributed by atoms with Crippen molar-refractivity contribution in [2.75, 3.05) is 12.4 Å². The Morgan fingerprint density at radius 2 is 1.94 bits per heavy atom. The quantitative estimate of drug-likeness (QED) is 0.856. The summed E-state index contributed by atoms with van der Waals surface area (Å²) in [5, 5.41) is 5.41. The van der Waals surface area contributed by atoms with E-state index in [1.165, 1.54) is 14.0 Å². The molecular formula is C13H18N2O3. The van der Waals surface area contributed by atoms with Gasteiger partial charge in [0, 0.05) is 18.5 Å². The van der Waals surface area contributed by atoms with Gasteiger partial charge in [0.05, 0.1) is 12.8 Å². The van der Waals surface area contributed by atoms with Crippen LogP contribution in [-0.4, -0.2) is 25.0 Å². The Balaban J connectivity index is 3.02. The number of rotatable bonds is 4. The number of hydrogen-bond donors (Lipinski definition) is 2. The number of methoxy groups -OCH3 is 1. The summed E-state index contributed by atoms with van der Waals surface area (Å²) in [6.07, 6.45) is 0. The van der Waals surface area contributed by atoms with Crippen molar-refractivity contribution in [3.05, 3.63) is 23.8 Å².